The van der Waals surface area contributed by atoms with Gasteiger partial charge in [-0.25, -0.2) is 0 Å². The maximum Gasteiger partial charge on any atom is 0 e. The number of rotatable bonds is 7. The van der Waals surface area contributed by atoms with Crippen molar-refractivity contribution in [3.63, 3.8) is 0 Å². The molecule has 0 N–H and O–H groups in total. The molecule has 4 heterocycles. The molecule has 1 radical (unpaired) electrons. The zero-order valence-corrected chi connectivity index (χ0v) is 43.1. The Morgan fingerprint density at radius 1 is 0.677 bits per heavy atom. The molecule has 0 bridgehead atoms. The zero-order valence-electron chi connectivity index (χ0n) is 38.6. The fourth-order valence-corrected chi connectivity index (χ4v) is 12.0. The van der Waals surface area contributed by atoms with E-state index in [0.717, 1.165) is 61.4 Å². The first kappa shape index (κ1) is 45.6. The largest absolute Gasteiger partial charge is 0 e. The van der Waals surface area contributed by atoms with Gasteiger partial charge in [-0.2, -0.15) is 0 Å². The van der Waals surface area contributed by atoms with Crippen LogP contribution in [0, 0.1) is 19.1 Å². The molecule has 0 aliphatic heterocycles. The summed E-state index contributed by atoms with van der Waals surface area (Å²) in [6, 6.07) is 59.8. The predicted molar refractivity (Wildman–Crippen MR) is 270 cm³/mol. The summed E-state index contributed by atoms with van der Waals surface area (Å²) in [4.78, 5) is 14.4. The number of para-hydroxylation sites is 2. The molecule has 327 valence electrons. The molecular weight excluding hydrogens is 1030 g/mol. The van der Waals surface area contributed by atoms with Gasteiger partial charge in [-0.15, -0.1) is 35.9 Å². The maximum absolute atomic E-state index is 5.89. The number of furan rings is 1. The van der Waals surface area contributed by atoms with Gasteiger partial charge < -0.3 is 4.57 Å². The van der Waals surface area contributed by atoms with E-state index in [1.807, 2.05) is 31.2 Å². The van der Waals surface area contributed by atoms with Crippen LogP contribution in [0.25, 0.3) is 83.7 Å². The summed E-state index contributed by atoms with van der Waals surface area (Å²) in [6.07, 6.45) is 2.11. The molecule has 7 heteroatoms. The van der Waals surface area contributed by atoms with E-state index >= 15 is 0 Å². The first-order valence-corrected chi connectivity index (χ1v) is 29.6. The summed E-state index contributed by atoms with van der Waals surface area (Å²) in [5.41, 5.74) is 16.0. The monoisotopic (exact) mass is 1090 g/mol. The van der Waals surface area contributed by atoms with Crippen molar-refractivity contribution in [3.8, 4) is 50.6 Å². The van der Waals surface area contributed by atoms with Crippen LogP contribution in [0.3, 0.4) is 0 Å². The van der Waals surface area contributed by atoms with E-state index in [0.29, 0.717) is 11.6 Å². The van der Waals surface area contributed by atoms with E-state index in [1.54, 1.807) is 0 Å². The van der Waals surface area contributed by atoms with Gasteiger partial charge >= 0.3 is 163 Å². The van der Waals surface area contributed by atoms with E-state index in [2.05, 4.69) is 207 Å². The number of hydrogen-bond acceptors (Lipinski definition) is 4. The van der Waals surface area contributed by atoms with Gasteiger partial charge in [0.25, 0.3) is 0 Å². The summed E-state index contributed by atoms with van der Waals surface area (Å²) in [5.74, 6) is 8.64. The van der Waals surface area contributed by atoms with Crippen molar-refractivity contribution in [2.24, 2.45) is 0 Å². The minimum Gasteiger partial charge on any atom is 0 e. The van der Waals surface area contributed by atoms with Crippen LogP contribution in [0.1, 0.15) is 57.4 Å². The quantitative estimate of drug-likeness (QED) is 0.118. The molecule has 65 heavy (non-hydrogen) atoms. The van der Waals surface area contributed by atoms with E-state index < -0.39 is 13.3 Å². The number of imidazole rings is 1. The third-order valence-electron chi connectivity index (χ3n) is 11.9. The number of aryl methyl sites for hydroxylation is 1. The average Bonchev–Trinajstić information content (AvgIpc) is 3.86. The van der Waals surface area contributed by atoms with E-state index in [-0.39, 0.29) is 25.5 Å². The summed E-state index contributed by atoms with van der Waals surface area (Å²) in [5, 5.41) is 2.10. The Morgan fingerprint density at radius 3 is 1.94 bits per heavy atom. The van der Waals surface area contributed by atoms with Gasteiger partial charge in [-0.05, 0) is 46.4 Å². The fraction of sp³-hybridized carbons (Fsp3) is 0.190. The number of nitrogens with zero attached hydrogens (tertiary/aromatic N) is 4. The SMILES string of the molecule is CC(C)(C)c1cc(-c2ccccc2)c(-n2c(-c3[c-]cccc3)nc3ccccc32)c(-c2ccccc2)c1.Cc1ccc2c(n1)oc1c[c-]c(-c3cc(C(C)C)[c]([Ge]([CH3])([CH3])[CH3])cn3)cc12.[Ir]. The van der Waals surface area contributed by atoms with E-state index in [1.165, 1.54) is 37.8 Å². The van der Waals surface area contributed by atoms with E-state index in [9.17, 15) is 0 Å². The molecule has 10 aromatic rings. The molecule has 6 aromatic carbocycles. The first-order valence-electron chi connectivity index (χ1n) is 22.2. The smallest absolute Gasteiger partial charge is 0 e. The Labute approximate surface area is 399 Å². The third kappa shape index (κ3) is 9.31. The molecule has 0 spiro atoms. The number of pyridine rings is 2. The number of hydrogen-bond donors (Lipinski definition) is 0. The molecule has 0 atom stereocenters. The van der Waals surface area contributed by atoms with Crippen molar-refractivity contribution < 1.29 is 24.5 Å². The minimum absolute atomic E-state index is 0. The molecule has 0 saturated heterocycles. The molecule has 0 aliphatic carbocycles. The Morgan fingerprint density at radius 2 is 1.32 bits per heavy atom. The Balaban J connectivity index is 0.000000183. The predicted octanol–water partition coefficient (Wildman–Crippen LogP) is 14.9. The minimum atomic E-state index is -1.96. The maximum atomic E-state index is 5.89. The Kier molecular flexibility index (Phi) is 13.0. The van der Waals surface area contributed by atoms with Crippen LogP contribution in [-0.2, 0) is 25.5 Å². The summed E-state index contributed by atoms with van der Waals surface area (Å²) in [7, 11) is 0. The molecule has 5 nitrogen and oxygen atoms in total. The summed E-state index contributed by atoms with van der Waals surface area (Å²) >= 11 is -1.96. The van der Waals surface area contributed by atoms with Crippen molar-refractivity contribution in [1.82, 2.24) is 19.5 Å². The third-order valence-corrected chi connectivity index (χ3v) is 16.2. The van der Waals surface area contributed by atoms with Gasteiger partial charge in [-0.3, -0.25) is 4.98 Å². The molecular formula is C58H54GeIrN4O-2. The molecule has 0 amide bonds. The van der Waals surface area contributed by atoms with Crippen molar-refractivity contribution in [1.29, 1.82) is 0 Å². The zero-order chi connectivity index (χ0) is 44.8. The summed E-state index contributed by atoms with van der Waals surface area (Å²) < 4.78 is 9.72. The fourth-order valence-electron chi connectivity index (χ4n) is 8.51. The molecule has 0 aliphatic rings. The Bertz CT molecular complexity index is 3210. The first-order chi connectivity index (χ1) is 30.7. The molecule has 0 unspecified atom stereocenters. The van der Waals surface area contributed by atoms with Crippen LogP contribution in [0.5, 0.6) is 0 Å². The number of aromatic nitrogens is 4. The van der Waals surface area contributed by atoms with Gasteiger partial charge in [0.2, 0.25) is 0 Å². The van der Waals surface area contributed by atoms with Crippen LogP contribution in [0.2, 0.25) is 17.3 Å². The second kappa shape index (κ2) is 18.5. The number of benzene rings is 6. The van der Waals surface area contributed by atoms with Gasteiger partial charge in [0.15, 0.2) is 0 Å². The summed E-state index contributed by atoms with van der Waals surface area (Å²) in [6.45, 7) is 13.3. The average molecular weight is 1090 g/mol. The normalized spacial score (nSPS) is 11.8. The molecule has 0 saturated carbocycles. The van der Waals surface area contributed by atoms with Gasteiger partial charge in [0, 0.05) is 31.2 Å². The standard InChI is InChI=1S/C35H29N2.C23H25GeN2O.Ir/c1-35(2,3)28-23-29(25-15-7-4-8-16-25)33(30(24-28)26-17-9-5-10-18-26)37-32-22-14-13-21-31(32)36-34(37)27-19-11-6-12-20-27;1-14(2)18-12-21(25-13-20(18)24(4,5)6)16-8-10-22-19(11-16)17-9-7-15(3)26-23(17)27-22;/h4-19,21-24H,1-3H3;7,9-14H,1-6H3;/q2*-1;. The second-order valence-electron chi connectivity index (χ2n) is 19.0. The van der Waals surface area contributed by atoms with Crippen LogP contribution in [0.15, 0.2) is 162 Å². The Hall–Kier alpha value is -5.92. The second-order valence-corrected chi connectivity index (χ2v) is 29.6. The van der Waals surface area contributed by atoms with Gasteiger partial charge in [-0.1, -0.05) is 93.6 Å². The molecule has 0 fully saturated rings. The topological polar surface area (TPSA) is 56.7 Å². The van der Waals surface area contributed by atoms with E-state index in [4.69, 9.17) is 14.4 Å². The van der Waals surface area contributed by atoms with Crippen molar-refractivity contribution in [3.05, 3.63) is 187 Å². The van der Waals surface area contributed by atoms with Crippen LogP contribution < -0.4 is 4.40 Å². The van der Waals surface area contributed by atoms with Crippen LogP contribution in [0.4, 0.5) is 0 Å². The van der Waals surface area contributed by atoms with Gasteiger partial charge in [0.1, 0.15) is 0 Å². The van der Waals surface area contributed by atoms with Crippen LogP contribution >= 0.6 is 0 Å². The molecule has 4 aromatic heterocycles. The molecule has 10 rings (SSSR count). The number of fused-ring (bicyclic) bond motifs is 4. The van der Waals surface area contributed by atoms with Crippen molar-refractivity contribution >= 4 is 50.8 Å². The van der Waals surface area contributed by atoms with Crippen molar-refractivity contribution in [2.75, 3.05) is 0 Å². The van der Waals surface area contributed by atoms with Crippen molar-refractivity contribution in [2.45, 2.75) is 70.1 Å². The van der Waals surface area contributed by atoms with Crippen LogP contribution in [-0.4, -0.2) is 32.8 Å². The van der Waals surface area contributed by atoms with Gasteiger partial charge in [0.05, 0.1) is 22.5 Å².